The van der Waals surface area contributed by atoms with E-state index in [4.69, 9.17) is 18.9 Å². The molecule has 1 amide bonds. The lowest BCUT2D eigenvalue weighted by Gasteiger charge is -2.18. The normalized spacial score (nSPS) is 11.5. The first-order valence-corrected chi connectivity index (χ1v) is 10.9. The number of carbonyl (C=O) groups is 2. The minimum absolute atomic E-state index is 0.194. The van der Waals surface area contributed by atoms with Crippen molar-refractivity contribution in [2.45, 2.75) is 33.8 Å². The van der Waals surface area contributed by atoms with E-state index in [2.05, 4.69) is 10.3 Å². The number of amides is 1. The molecule has 3 aromatic rings. The van der Waals surface area contributed by atoms with E-state index < -0.39 is 18.0 Å². The summed E-state index contributed by atoms with van der Waals surface area (Å²) in [6.45, 7) is 8.18. The molecule has 0 fully saturated rings. The van der Waals surface area contributed by atoms with Crippen LogP contribution < -0.4 is 19.5 Å². The molecule has 1 N–H and O–H groups in total. The van der Waals surface area contributed by atoms with Crippen LogP contribution in [0.1, 0.15) is 38.1 Å². The highest BCUT2D eigenvalue weighted by Gasteiger charge is 2.23. The predicted molar refractivity (Wildman–Crippen MR) is 125 cm³/mol. The van der Waals surface area contributed by atoms with Gasteiger partial charge in [0, 0.05) is 11.6 Å². The smallest absolute Gasteiger partial charge is 0.339 e. The fourth-order valence-corrected chi connectivity index (χ4v) is 3.24. The van der Waals surface area contributed by atoms with E-state index in [1.54, 1.807) is 24.4 Å². The van der Waals surface area contributed by atoms with Crippen molar-refractivity contribution >= 4 is 28.5 Å². The van der Waals surface area contributed by atoms with Gasteiger partial charge in [0.05, 0.1) is 36.6 Å². The highest BCUT2D eigenvalue weighted by Crippen LogP contribution is 2.39. The van der Waals surface area contributed by atoms with Crippen molar-refractivity contribution in [3.05, 3.63) is 54.2 Å². The van der Waals surface area contributed by atoms with Gasteiger partial charge in [-0.15, -0.1) is 0 Å². The summed E-state index contributed by atoms with van der Waals surface area (Å²) in [5.74, 6) is 0.0335. The molecule has 0 spiro atoms. The predicted octanol–water partition coefficient (Wildman–Crippen LogP) is 4.61. The second-order valence-corrected chi connectivity index (χ2v) is 7.01. The fraction of sp³-hybridized carbons (Fsp3) is 0.320. The number of nitrogens with zero attached hydrogens (tertiary/aromatic N) is 1. The maximum atomic E-state index is 12.8. The Bertz CT molecular complexity index is 1100. The number of rotatable bonds is 10. The molecule has 0 bridgehead atoms. The van der Waals surface area contributed by atoms with Crippen LogP contribution in [0.2, 0.25) is 0 Å². The molecular formula is C25H28N2O6. The summed E-state index contributed by atoms with van der Waals surface area (Å²) in [6.07, 6.45) is 0.643. The second kappa shape index (κ2) is 11.2. The van der Waals surface area contributed by atoms with Gasteiger partial charge in [-0.05, 0) is 64.1 Å². The van der Waals surface area contributed by atoms with Crippen molar-refractivity contribution in [3.8, 4) is 17.2 Å². The monoisotopic (exact) mass is 452 g/mol. The number of anilines is 1. The molecule has 1 unspecified atom stereocenters. The molecule has 2 aromatic carbocycles. The average Bonchev–Trinajstić information content (AvgIpc) is 2.81. The topological polar surface area (TPSA) is 96.0 Å². The molecule has 8 nitrogen and oxygen atoms in total. The molecule has 174 valence electrons. The summed E-state index contributed by atoms with van der Waals surface area (Å²) >= 11 is 0. The third kappa shape index (κ3) is 5.71. The second-order valence-electron chi connectivity index (χ2n) is 7.01. The van der Waals surface area contributed by atoms with Crippen molar-refractivity contribution in [2.24, 2.45) is 0 Å². The Kier molecular flexibility index (Phi) is 8.07. The fourth-order valence-electron chi connectivity index (χ4n) is 3.24. The number of esters is 1. The molecule has 0 aliphatic carbocycles. The van der Waals surface area contributed by atoms with Crippen molar-refractivity contribution in [2.75, 3.05) is 25.1 Å². The van der Waals surface area contributed by atoms with Crippen LogP contribution in [0.25, 0.3) is 10.9 Å². The van der Waals surface area contributed by atoms with Gasteiger partial charge in [0.2, 0.25) is 5.75 Å². The molecule has 33 heavy (non-hydrogen) atoms. The molecular weight excluding hydrogens is 424 g/mol. The van der Waals surface area contributed by atoms with Gasteiger partial charge in [0.25, 0.3) is 5.91 Å². The summed E-state index contributed by atoms with van der Waals surface area (Å²) in [4.78, 5) is 29.8. The third-order valence-electron chi connectivity index (χ3n) is 4.70. The first-order chi connectivity index (χ1) is 16.0. The van der Waals surface area contributed by atoms with Crippen LogP contribution in [0.15, 0.2) is 48.7 Å². The Balaban J connectivity index is 1.78. The molecule has 1 heterocycles. The number of carbonyl (C=O) groups excluding carboxylic acids is 2. The van der Waals surface area contributed by atoms with E-state index in [0.717, 1.165) is 10.9 Å². The highest BCUT2D eigenvalue weighted by molar-refractivity contribution is 6.03. The van der Waals surface area contributed by atoms with Gasteiger partial charge in [-0.2, -0.15) is 0 Å². The number of aromatic nitrogens is 1. The molecule has 8 heteroatoms. The molecule has 0 saturated carbocycles. The Morgan fingerprint density at radius 1 is 0.939 bits per heavy atom. The maximum absolute atomic E-state index is 12.8. The number of hydrogen-bond donors (Lipinski definition) is 1. The minimum atomic E-state index is -1.04. The summed E-state index contributed by atoms with van der Waals surface area (Å²) in [6, 6.07) is 12.1. The van der Waals surface area contributed by atoms with Gasteiger partial charge in [0.15, 0.2) is 17.6 Å². The van der Waals surface area contributed by atoms with E-state index in [9.17, 15) is 9.59 Å². The SMILES string of the molecule is CCOc1cc(C(=O)OC(C)C(=O)Nc2cccc3ncccc23)cc(OCC)c1OCC. The zero-order valence-electron chi connectivity index (χ0n) is 19.2. The number of hydrogen-bond acceptors (Lipinski definition) is 7. The van der Waals surface area contributed by atoms with Crippen LogP contribution in [-0.4, -0.2) is 42.8 Å². The van der Waals surface area contributed by atoms with Gasteiger partial charge in [-0.3, -0.25) is 9.78 Å². The van der Waals surface area contributed by atoms with Crippen LogP contribution in [0.5, 0.6) is 17.2 Å². The van der Waals surface area contributed by atoms with Crippen molar-refractivity contribution in [3.63, 3.8) is 0 Å². The molecule has 0 aliphatic rings. The lowest BCUT2D eigenvalue weighted by molar-refractivity contribution is -0.123. The number of benzene rings is 2. The van der Waals surface area contributed by atoms with Crippen LogP contribution >= 0.6 is 0 Å². The zero-order chi connectivity index (χ0) is 23.8. The van der Waals surface area contributed by atoms with E-state index in [1.807, 2.05) is 32.9 Å². The standard InChI is InChI=1S/C25H28N2O6/c1-5-30-21-14-17(15-22(31-6-2)23(21)32-7-3)25(29)33-16(4)24(28)27-20-12-8-11-19-18(20)10-9-13-26-19/h8-16H,5-7H2,1-4H3,(H,27,28). The van der Waals surface area contributed by atoms with E-state index in [1.165, 1.54) is 19.1 Å². The van der Waals surface area contributed by atoms with Gasteiger partial charge in [-0.1, -0.05) is 6.07 Å². The lowest BCUT2D eigenvalue weighted by atomic mass is 10.1. The third-order valence-corrected chi connectivity index (χ3v) is 4.70. The van der Waals surface area contributed by atoms with Crippen LogP contribution in [0, 0.1) is 0 Å². The molecule has 0 saturated heterocycles. The van der Waals surface area contributed by atoms with Crippen LogP contribution in [0.3, 0.4) is 0 Å². The van der Waals surface area contributed by atoms with Gasteiger partial charge in [0.1, 0.15) is 0 Å². The van der Waals surface area contributed by atoms with Crippen molar-refractivity contribution < 1.29 is 28.5 Å². The highest BCUT2D eigenvalue weighted by atomic mass is 16.6. The Labute approximate surface area is 192 Å². The molecule has 3 rings (SSSR count). The molecule has 0 aliphatic heterocycles. The van der Waals surface area contributed by atoms with Gasteiger partial charge >= 0.3 is 5.97 Å². The Morgan fingerprint density at radius 3 is 2.24 bits per heavy atom. The molecule has 0 radical (unpaired) electrons. The number of nitrogens with one attached hydrogen (secondary N) is 1. The van der Waals surface area contributed by atoms with Gasteiger partial charge in [-0.25, -0.2) is 4.79 Å². The number of pyridine rings is 1. The van der Waals surface area contributed by atoms with Crippen molar-refractivity contribution in [1.82, 2.24) is 4.98 Å². The van der Waals surface area contributed by atoms with Crippen LogP contribution in [0.4, 0.5) is 5.69 Å². The quantitative estimate of drug-likeness (QED) is 0.449. The Morgan fingerprint density at radius 2 is 1.61 bits per heavy atom. The average molecular weight is 453 g/mol. The summed E-state index contributed by atoms with van der Waals surface area (Å²) < 4.78 is 22.4. The van der Waals surface area contributed by atoms with E-state index in [0.29, 0.717) is 42.8 Å². The van der Waals surface area contributed by atoms with Crippen LogP contribution in [-0.2, 0) is 9.53 Å². The minimum Gasteiger partial charge on any atom is -0.490 e. The summed E-state index contributed by atoms with van der Waals surface area (Å²) in [5.41, 5.74) is 1.53. The lowest BCUT2D eigenvalue weighted by Crippen LogP contribution is -2.30. The van der Waals surface area contributed by atoms with E-state index >= 15 is 0 Å². The van der Waals surface area contributed by atoms with Gasteiger partial charge < -0.3 is 24.3 Å². The van der Waals surface area contributed by atoms with Crippen molar-refractivity contribution in [1.29, 1.82) is 0 Å². The largest absolute Gasteiger partial charge is 0.490 e. The summed E-state index contributed by atoms with van der Waals surface area (Å²) in [5, 5.41) is 3.60. The molecule has 1 atom stereocenters. The zero-order valence-corrected chi connectivity index (χ0v) is 19.2. The first-order valence-electron chi connectivity index (χ1n) is 10.9. The molecule has 1 aromatic heterocycles. The van der Waals surface area contributed by atoms with E-state index in [-0.39, 0.29) is 5.56 Å². The first kappa shape index (κ1) is 23.8. The Hall–Kier alpha value is -3.81. The number of fused-ring (bicyclic) bond motifs is 1. The number of ether oxygens (including phenoxy) is 4. The summed E-state index contributed by atoms with van der Waals surface area (Å²) in [7, 11) is 0. The maximum Gasteiger partial charge on any atom is 0.339 e.